The van der Waals surface area contributed by atoms with Crippen LogP contribution in [0.5, 0.6) is 0 Å². The maximum atomic E-state index is 12.5. The highest BCUT2D eigenvalue weighted by Crippen LogP contribution is 2.27. The van der Waals surface area contributed by atoms with Crippen molar-refractivity contribution < 1.29 is 4.79 Å². The molecule has 0 radical (unpaired) electrons. The minimum atomic E-state index is 0.0302. The molecule has 1 aromatic carbocycles. The summed E-state index contributed by atoms with van der Waals surface area (Å²) in [4.78, 5) is 14.7. The van der Waals surface area contributed by atoms with Gasteiger partial charge in [0, 0.05) is 16.9 Å². The largest absolute Gasteiger partial charge is 0.309 e. The number of nitrogens with one attached hydrogen (secondary N) is 1. The number of amides is 1. The summed E-state index contributed by atoms with van der Waals surface area (Å²) >= 11 is 1.55. The summed E-state index contributed by atoms with van der Waals surface area (Å²) in [6.07, 6.45) is 1.76. The number of hydrogen-bond acceptors (Lipinski definition) is 7. The van der Waals surface area contributed by atoms with Crippen molar-refractivity contribution in [3.63, 3.8) is 0 Å². The van der Waals surface area contributed by atoms with E-state index in [2.05, 4.69) is 37.7 Å². The number of aromatic nitrogens is 4. The summed E-state index contributed by atoms with van der Waals surface area (Å²) in [5.41, 5.74) is 1.77. The highest BCUT2D eigenvalue weighted by molar-refractivity contribution is 7.14. The lowest BCUT2D eigenvalue weighted by Crippen LogP contribution is -2.36. The zero-order valence-electron chi connectivity index (χ0n) is 14.8. The summed E-state index contributed by atoms with van der Waals surface area (Å²) in [6, 6.07) is 7.76. The molecule has 0 saturated carbocycles. The minimum absolute atomic E-state index is 0.0302. The molecule has 3 aromatic rings. The van der Waals surface area contributed by atoms with Gasteiger partial charge in [0.15, 0.2) is 5.82 Å². The average molecular weight is 368 g/mol. The van der Waals surface area contributed by atoms with E-state index in [0.717, 1.165) is 52.4 Å². The molecule has 1 amide bonds. The molecule has 1 saturated heterocycles. The van der Waals surface area contributed by atoms with Gasteiger partial charge in [0.25, 0.3) is 0 Å². The number of rotatable bonds is 3. The Balaban J connectivity index is 1.55. The second kappa shape index (κ2) is 7.05. The molecule has 134 valence electrons. The Morgan fingerprint density at radius 3 is 2.69 bits per heavy atom. The standard InChI is InChI=1S/C18H20N6OS/c1-11-20-23-18(26-11)13-3-4-15-14(9-13)10-16(22-21-15)19-17(25)12-5-7-24(2)8-6-12/h3-4,9-10,12H,5-8H2,1-2H3,(H,19,22,25). The van der Waals surface area contributed by atoms with Gasteiger partial charge >= 0.3 is 0 Å². The van der Waals surface area contributed by atoms with Gasteiger partial charge in [-0.25, -0.2) is 0 Å². The Bertz CT molecular complexity index is 948. The molecule has 1 aliphatic heterocycles. The predicted molar refractivity (Wildman–Crippen MR) is 102 cm³/mol. The highest BCUT2D eigenvalue weighted by atomic mass is 32.1. The van der Waals surface area contributed by atoms with E-state index in [1.807, 2.05) is 31.2 Å². The molecular formula is C18H20N6OS. The molecule has 0 aliphatic carbocycles. The van der Waals surface area contributed by atoms with Crippen LogP contribution in [0.25, 0.3) is 21.5 Å². The van der Waals surface area contributed by atoms with Crippen LogP contribution in [0, 0.1) is 12.8 Å². The van der Waals surface area contributed by atoms with Gasteiger partial charge in [-0.15, -0.1) is 20.4 Å². The van der Waals surface area contributed by atoms with Crippen molar-refractivity contribution >= 4 is 34.0 Å². The number of carbonyl (C=O) groups excluding carboxylic acids is 1. The van der Waals surface area contributed by atoms with E-state index >= 15 is 0 Å². The lowest BCUT2D eigenvalue weighted by Gasteiger charge is -2.27. The molecule has 1 N–H and O–H groups in total. The topological polar surface area (TPSA) is 83.9 Å². The van der Waals surface area contributed by atoms with E-state index in [1.165, 1.54) is 0 Å². The first-order valence-electron chi connectivity index (χ1n) is 8.66. The summed E-state index contributed by atoms with van der Waals surface area (Å²) in [7, 11) is 2.08. The Morgan fingerprint density at radius 1 is 1.15 bits per heavy atom. The lowest BCUT2D eigenvalue weighted by atomic mass is 9.96. The van der Waals surface area contributed by atoms with Crippen molar-refractivity contribution in [2.24, 2.45) is 5.92 Å². The molecular weight excluding hydrogens is 348 g/mol. The highest BCUT2D eigenvalue weighted by Gasteiger charge is 2.23. The fraction of sp³-hybridized carbons (Fsp3) is 0.389. The zero-order valence-corrected chi connectivity index (χ0v) is 15.6. The van der Waals surface area contributed by atoms with Gasteiger partial charge in [0.1, 0.15) is 10.0 Å². The van der Waals surface area contributed by atoms with Gasteiger partial charge in [-0.3, -0.25) is 4.79 Å². The first kappa shape index (κ1) is 17.0. The van der Waals surface area contributed by atoms with E-state index in [-0.39, 0.29) is 11.8 Å². The van der Waals surface area contributed by atoms with Crippen LogP contribution in [0.4, 0.5) is 5.82 Å². The third-order valence-corrected chi connectivity index (χ3v) is 5.59. The SMILES string of the molecule is Cc1nnc(-c2ccc3nnc(NC(=O)C4CCN(C)CC4)cc3c2)s1. The van der Waals surface area contributed by atoms with Crippen LogP contribution in [-0.2, 0) is 4.79 Å². The molecule has 0 bridgehead atoms. The Kier molecular flexibility index (Phi) is 4.60. The van der Waals surface area contributed by atoms with Crippen molar-refractivity contribution in [3.8, 4) is 10.6 Å². The lowest BCUT2D eigenvalue weighted by molar-refractivity contribution is -0.121. The molecule has 0 atom stereocenters. The minimum Gasteiger partial charge on any atom is -0.309 e. The number of nitrogens with zero attached hydrogens (tertiary/aromatic N) is 5. The number of fused-ring (bicyclic) bond motifs is 1. The van der Waals surface area contributed by atoms with Gasteiger partial charge in [0.05, 0.1) is 5.52 Å². The summed E-state index contributed by atoms with van der Waals surface area (Å²) < 4.78 is 0. The Morgan fingerprint density at radius 2 is 1.96 bits per heavy atom. The molecule has 1 aliphatic rings. The van der Waals surface area contributed by atoms with E-state index in [9.17, 15) is 4.79 Å². The Hall–Kier alpha value is -2.45. The maximum absolute atomic E-state index is 12.5. The molecule has 8 heteroatoms. The van der Waals surface area contributed by atoms with Crippen LogP contribution in [-0.4, -0.2) is 51.3 Å². The van der Waals surface area contributed by atoms with Crippen LogP contribution in [0.1, 0.15) is 17.8 Å². The Labute approximate surface area is 155 Å². The van der Waals surface area contributed by atoms with Crippen LogP contribution >= 0.6 is 11.3 Å². The molecule has 4 rings (SSSR count). The third-order valence-electron chi connectivity index (χ3n) is 4.70. The first-order chi connectivity index (χ1) is 12.6. The van der Waals surface area contributed by atoms with Crippen LogP contribution in [0.15, 0.2) is 24.3 Å². The number of hydrogen-bond donors (Lipinski definition) is 1. The van der Waals surface area contributed by atoms with Gasteiger partial charge < -0.3 is 10.2 Å². The maximum Gasteiger partial charge on any atom is 0.228 e. The summed E-state index contributed by atoms with van der Waals surface area (Å²) in [5.74, 6) is 0.564. The number of benzene rings is 1. The van der Waals surface area contributed by atoms with Crippen molar-refractivity contribution in [1.29, 1.82) is 0 Å². The number of aryl methyl sites for hydroxylation is 1. The van der Waals surface area contributed by atoms with Crippen molar-refractivity contribution in [2.45, 2.75) is 19.8 Å². The molecule has 26 heavy (non-hydrogen) atoms. The van der Waals surface area contributed by atoms with E-state index < -0.39 is 0 Å². The molecule has 0 unspecified atom stereocenters. The quantitative estimate of drug-likeness (QED) is 0.765. The number of piperidine rings is 1. The molecule has 0 spiro atoms. The van der Waals surface area contributed by atoms with Gasteiger partial charge in [0.2, 0.25) is 5.91 Å². The zero-order chi connectivity index (χ0) is 18.1. The van der Waals surface area contributed by atoms with Gasteiger partial charge in [-0.2, -0.15) is 0 Å². The summed E-state index contributed by atoms with van der Waals surface area (Å²) in [5, 5.41) is 22.3. The monoisotopic (exact) mass is 368 g/mol. The average Bonchev–Trinajstić information content (AvgIpc) is 3.08. The smallest absolute Gasteiger partial charge is 0.228 e. The molecule has 7 nitrogen and oxygen atoms in total. The van der Waals surface area contributed by atoms with Crippen LogP contribution in [0.3, 0.4) is 0 Å². The number of likely N-dealkylation sites (tertiary alicyclic amines) is 1. The third kappa shape index (κ3) is 3.56. The van der Waals surface area contributed by atoms with E-state index in [1.54, 1.807) is 11.3 Å². The summed E-state index contributed by atoms with van der Waals surface area (Å²) in [6.45, 7) is 3.84. The first-order valence-corrected chi connectivity index (χ1v) is 9.47. The fourth-order valence-corrected chi connectivity index (χ4v) is 3.84. The molecule has 2 aromatic heterocycles. The number of anilines is 1. The van der Waals surface area contributed by atoms with E-state index in [0.29, 0.717) is 5.82 Å². The van der Waals surface area contributed by atoms with Crippen molar-refractivity contribution in [1.82, 2.24) is 25.3 Å². The second-order valence-corrected chi connectivity index (χ2v) is 7.88. The number of carbonyl (C=O) groups is 1. The predicted octanol–water partition coefficient (Wildman–Crippen LogP) is 2.74. The fourth-order valence-electron chi connectivity index (χ4n) is 3.15. The van der Waals surface area contributed by atoms with Gasteiger partial charge in [-0.1, -0.05) is 11.3 Å². The van der Waals surface area contributed by atoms with Crippen LogP contribution in [0.2, 0.25) is 0 Å². The van der Waals surface area contributed by atoms with Crippen LogP contribution < -0.4 is 5.32 Å². The molecule has 1 fully saturated rings. The molecule has 3 heterocycles. The van der Waals surface area contributed by atoms with Crippen molar-refractivity contribution in [2.75, 3.05) is 25.5 Å². The van der Waals surface area contributed by atoms with E-state index in [4.69, 9.17) is 0 Å². The normalized spacial score (nSPS) is 16.1. The van der Waals surface area contributed by atoms with Crippen molar-refractivity contribution in [3.05, 3.63) is 29.3 Å². The van der Waals surface area contributed by atoms with Gasteiger partial charge in [-0.05, 0) is 64.2 Å². The second-order valence-electron chi connectivity index (χ2n) is 6.70.